The van der Waals surface area contributed by atoms with E-state index < -0.39 is 24.2 Å². The fourth-order valence-electron chi connectivity index (χ4n) is 3.87. The van der Waals surface area contributed by atoms with E-state index in [-0.39, 0.29) is 126 Å². The Morgan fingerprint density at radius 3 is 0.605 bits per heavy atom. The van der Waals surface area contributed by atoms with Crippen LogP contribution in [-0.2, 0) is 9.59 Å². The molecular formula is C30H54Ca3O10. The van der Waals surface area contributed by atoms with Crippen LogP contribution in [0, 0.1) is 0 Å². The summed E-state index contributed by atoms with van der Waals surface area (Å²) in [6.45, 7) is 4.49. The third-order valence-electron chi connectivity index (χ3n) is 5.97. The molecule has 0 saturated carbocycles. The van der Waals surface area contributed by atoms with Crippen LogP contribution in [0.3, 0.4) is 0 Å². The van der Waals surface area contributed by atoms with Gasteiger partial charge in [-0.25, -0.2) is 0 Å². The van der Waals surface area contributed by atoms with Crippen molar-refractivity contribution in [3.63, 3.8) is 0 Å². The first-order valence-electron chi connectivity index (χ1n) is 15.2. The second-order valence-corrected chi connectivity index (χ2v) is 9.82. The van der Waals surface area contributed by atoms with Crippen LogP contribution in [0.5, 0.6) is 0 Å². The van der Waals surface area contributed by atoms with E-state index in [9.17, 15) is 19.8 Å². The molecule has 13 heteroatoms. The quantitative estimate of drug-likeness (QED) is 0.103. The maximum absolute atomic E-state index is 10.1. The average Bonchev–Trinajstić information content (AvgIpc) is 2.85. The summed E-state index contributed by atoms with van der Waals surface area (Å²) in [5, 5.41) is 53.6. The van der Waals surface area contributed by atoms with Crippen molar-refractivity contribution in [1.82, 2.24) is 0 Å². The zero-order valence-electron chi connectivity index (χ0n) is 27.2. The van der Waals surface area contributed by atoms with Gasteiger partial charge in [-0.15, -0.1) is 0 Å². The number of rotatable bonds is 24. The molecule has 43 heavy (non-hydrogen) atoms. The molecule has 0 radical (unpaired) electrons. The SMILES string of the molecule is CCCCCCCCCCCCCC(=O)[O-].CCCCCCCCCCCCCC(=O)[O-].O=C([O-])[O-].O=C([O-])[O-].[Ca+2].[Ca+2].[Ca+2]. The molecule has 0 aliphatic heterocycles. The summed E-state index contributed by atoms with van der Waals surface area (Å²) in [4.78, 5) is 37.0. The Kier molecular flexibility index (Phi) is 77.2. The van der Waals surface area contributed by atoms with Crippen LogP contribution in [-0.4, -0.2) is 137 Å². The van der Waals surface area contributed by atoms with Gasteiger partial charge >= 0.3 is 113 Å². The van der Waals surface area contributed by atoms with Crippen molar-refractivity contribution in [2.75, 3.05) is 0 Å². The van der Waals surface area contributed by atoms with E-state index >= 15 is 0 Å². The smallest absolute Gasteiger partial charge is 0.652 e. The number of hydrogen-bond donors (Lipinski definition) is 0. The number of carbonyl (C=O) groups is 4. The average molecular weight is 695 g/mol. The first-order chi connectivity index (χ1) is 19.0. The fraction of sp³-hybridized carbons (Fsp3) is 0.867. The van der Waals surface area contributed by atoms with Gasteiger partial charge < -0.3 is 49.8 Å². The first kappa shape index (κ1) is 59.7. The number of unbranched alkanes of at least 4 members (excludes halogenated alkanes) is 20. The summed E-state index contributed by atoms with van der Waals surface area (Å²) in [6, 6.07) is 0. The largest absolute Gasteiger partial charge is 2.00 e. The molecule has 0 rings (SSSR count). The molecule has 10 nitrogen and oxygen atoms in total. The third kappa shape index (κ3) is 99.1. The topological polar surface area (TPSA) is 207 Å². The molecule has 0 N–H and O–H groups in total. The first-order valence-corrected chi connectivity index (χ1v) is 15.2. The molecule has 0 aromatic rings. The van der Waals surface area contributed by atoms with Crippen molar-refractivity contribution in [2.24, 2.45) is 0 Å². The molecule has 0 bridgehead atoms. The molecule has 0 unspecified atom stereocenters. The van der Waals surface area contributed by atoms with Gasteiger partial charge in [0.05, 0.1) is 0 Å². The maximum Gasteiger partial charge on any atom is 2.00 e. The normalized spacial score (nSPS) is 8.98. The van der Waals surface area contributed by atoms with Gasteiger partial charge in [0.25, 0.3) is 0 Å². The second-order valence-electron chi connectivity index (χ2n) is 9.82. The summed E-state index contributed by atoms with van der Waals surface area (Å²) in [6.07, 6.45) is 23.4. The molecule has 0 aromatic heterocycles. The second kappa shape index (κ2) is 55.6. The minimum atomic E-state index is -2.33. The molecule has 0 amide bonds. The van der Waals surface area contributed by atoms with Gasteiger partial charge in [0, 0.05) is 11.9 Å². The Labute approximate surface area is 350 Å². The van der Waals surface area contributed by atoms with Crippen LogP contribution < -0.4 is 30.6 Å². The van der Waals surface area contributed by atoms with E-state index in [0.717, 1.165) is 25.7 Å². The van der Waals surface area contributed by atoms with Crippen LogP contribution in [0.2, 0.25) is 0 Å². The molecule has 0 aliphatic rings. The van der Waals surface area contributed by atoms with Crippen molar-refractivity contribution in [3.05, 3.63) is 0 Å². The van der Waals surface area contributed by atoms with E-state index in [1.54, 1.807) is 0 Å². The Balaban J connectivity index is -0.0000000911. The Morgan fingerprint density at radius 1 is 0.326 bits per heavy atom. The van der Waals surface area contributed by atoms with E-state index in [1.165, 1.54) is 116 Å². The molecule has 0 aromatic carbocycles. The van der Waals surface area contributed by atoms with Crippen LogP contribution in [0.25, 0.3) is 0 Å². The van der Waals surface area contributed by atoms with E-state index in [2.05, 4.69) is 13.8 Å². The van der Waals surface area contributed by atoms with Gasteiger partial charge in [-0.3, -0.25) is 0 Å². The molecule has 240 valence electrons. The van der Waals surface area contributed by atoms with Crippen molar-refractivity contribution in [2.45, 2.75) is 168 Å². The summed E-state index contributed by atoms with van der Waals surface area (Å²) in [5.41, 5.74) is 0. The van der Waals surface area contributed by atoms with Gasteiger partial charge in [-0.05, 0) is 38.0 Å². The van der Waals surface area contributed by atoms with Gasteiger partial charge in [0.15, 0.2) is 0 Å². The molecule has 0 spiro atoms. The zero-order valence-corrected chi connectivity index (χ0v) is 33.8. The van der Waals surface area contributed by atoms with Crippen molar-refractivity contribution in [3.8, 4) is 0 Å². The summed E-state index contributed by atoms with van der Waals surface area (Å²) >= 11 is 0. The van der Waals surface area contributed by atoms with E-state index in [0.29, 0.717) is 0 Å². The molecule has 0 atom stereocenters. The standard InChI is InChI=1S/2C14H28O2.2CH2O3.3Ca/c2*1-2-3-4-5-6-7-8-9-10-11-12-13-14(15)16;2*2-1(3)4;;;/h2*2-13H2,1H3,(H,15,16);2*(H2,2,3,4);;;/q;;;;3*+2/p-6. The number of carbonyl (C=O) groups excluding carboxylic acids is 4. The molecule has 0 saturated heterocycles. The van der Waals surface area contributed by atoms with Gasteiger partial charge in [0.1, 0.15) is 0 Å². The van der Waals surface area contributed by atoms with Gasteiger partial charge in [-0.2, -0.15) is 0 Å². The monoisotopic (exact) mass is 694 g/mol. The van der Waals surface area contributed by atoms with Crippen LogP contribution in [0.1, 0.15) is 168 Å². The van der Waals surface area contributed by atoms with E-state index in [1.807, 2.05) is 0 Å². The predicted octanol–water partition coefficient (Wildman–Crippen LogP) is 0.838. The molecule has 0 aliphatic carbocycles. The van der Waals surface area contributed by atoms with Crippen LogP contribution in [0.15, 0.2) is 0 Å². The minimum Gasteiger partial charge on any atom is -0.652 e. The number of carboxylic acid groups (broad SMARTS) is 6. The van der Waals surface area contributed by atoms with E-state index in [4.69, 9.17) is 30.0 Å². The Hall–Kier alpha value is 1.26. The number of carboxylic acids is 2. The Morgan fingerprint density at radius 2 is 0.465 bits per heavy atom. The van der Waals surface area contributed by atoms with Gasteiger partial charge in [0.2, 0.25) is 0 Å². The zero-order chi connectivity index (χ0) is 31.3. The van der Waals surface area contributed by atoms with Crippen molar-refractivity contribution >= 4 is 137 Å². The predicted molar refractivity (Wildman–Crippen MR) is 160 cm³/mol. The number of hydrogen-bond acceptors (Lipinski definition) is 10. The molecule has 0 fully saturated rings. The summed E-state index contributed by atoms with van der Waals surface area (Å²) in [7, 11) is 0. The minimum absolute atomic E-state index is 0. The number of aliphatic carboxylic acids is 2. The fourth-order valence-corrected chi connectivity index (χ4v) is 3.87. The Bertz CT molecular complexity index is 512. The van der Waals surface area contributed by atoms with Gasteiger partial charge in [-0.1, -0.05) is 142 Å². The van der Waals surface area contributed by atoms with Crippen LogP contribution >= 0.6 is 0 Å². The summed E-state index contributed by atoms with van der Waals surface area (Å²) < 4.78 is 0. The summed E-state index contributed by atoms with van der Waals surface area (Å²) in [5.74, 6) is -1.81. The van der Waals surface area contributed by atoms with Crippen LogP contribution in [0.4, 0.5) is 9.59 Å². The third-order valence-corrected chi connectivity index (χ3v) is 5.97. The van der Waals surface area contributed by atoms with Crippen molar-refractivity contribution < 1.29 is 49.8 Å². The molecule has 0 heterocycles. The van der Waals surface area contributed by atoms with Crippen molar-refractivity contribution in [1.29, 1.82) is 0 Å². The maximum atomic E-state index is 10.1. The molecular weight excluding hydrogens is 641 g/mol.